The second-order valence-electron chi connectivity index (χ2n) is 3.89. The molecule has 1 aromatic rings. The minimum absolute atomic E-state index is 0.0393. The summed E-state index contributed by atoms with van der Waals surface area (Å²) in [5.74, 6) is 1.00. The lowest BCUT2D eigenvalue weighted by Gasteiger charge is -2.26. The average molecular weight is 202 g/mol. The summed E-state index contributed by atoms with van der Waals surface area (Å²) in [6.45, 7) is 2.61. The van der Waals surface area contributed by atoms with Crippen LogP contribution in [0.4, 0.5) is 0 Å². The van der Waals surface area contributed by atoms with Gasteiger partial charge in [0.1, 0.15) is 11.9 Å². The number of amidine groups is 1. The zero-order valence-electron chi connectivity index (χ0n) is 8.57. The van der Waals surface area contributed by atoms with E-state index in [4.69, 9.17) is 4.74 Å². The van der Waals surface area contributed by atoms with E-state index in [9.17, 15) is 0 Å². The molecule has 1 atom stereocenters. The first kappa shape index (κ1) is 8.92. The van der Waals surface area contributed by atoms with E-state index in [1.54, 1.807) is 0 Å². The largest absolute Gasteiger partial charge is 0.369 e. The monoisotopic (exact) mass is 202 g/mol. The predicted octanol–water partition coefficient (Wildman–Crippen LogP) is 1.30. The lowest BCUT2D eigenvalue weighted by atomic mass is 9.97. The predicted molar refractivity (Wildman–Crippen MR) is 59.1 cm³/mol. The van der Waals surface area contributed by atoms with Crippen molar-refractivity contribution in [2.45, 2.75) is 12.5 Å². The summed E-state index contributed by atoms with van der Waals surface area (Å²) in [6, 6.07) is 8.48. The van der Waals surface area contributed by atoms with Gasteiger partial charge >= 0.3 is 0 Å². The van der Waals surface area contributed by atoms with E-state index >= 15 is 0 Å². The van der Waals surface area contributed by atoms with E-state index in [0.717, 1.165) is 32.0 Å². The number of hydrogen-bond donors (Lipinski definition) is 1. The molecule has 0 spiro atoms. The van der Waals surface area contributed by atoms with Gasteiger partial charge < -0.3 is 10.1 Å². The first-order chi connectivity index (χ1) is 7.45. The molecule has 2 aliphatic rings. The number of nitrogens with zero attached hydrogens (tertiary/aromatic N) is 1. The van der Waals surface area contributed by atoms with Crippen molar-refractivity contribution in [2.75, 3.05) is 19.7 Å². The fraction of sp³-hybridized carbons (Fsp3) is 0.417. The number of aliphatic imine (C=N–C) groups is 1. The smallest absolute Gasteiger partial charge is 0.140 e. The van der Waals surface area contributed by atoms with Gasteiger partial charge in [-0.05, 0) is 17.5 Å². The standard InChI is InChI=1S/C12H14N2O/c1-2-4-10-9(3-1)5-8-15-11(10)12-13-6-7-14-12/h1-4,11H,5-8H2,(H,13,14)/t11-/m1/s1. The Hall–Kier alpha value is -1.35. The highest BCUT2D eigenvalue weighted by molar-refractivity contribution is 5.89. The Morgan fingerprint density at radius 3 is 3.13 bits per heavy atom. The van der Waals surface area contributed by atoms with E-state index in [1.807, 2.05) is 0 Å². The maximum Gasteiger partial charge on any atom is 0.140 e. The van der Waals surface area contributed by atoms with Crippen LogP contribution in [0.15, 0.2) is 29.3 Å². The fourth-order valence-corrected chi connectivity index (χ4v) is 2.21. The van der Waals surface area contributed by atoms with E-state index < -0.39 is 0 Å². The highest BCUT2D eigenvalue weighted by Gasteiger charge is 2.26. The molecule has 3 nitrogen and oxygen atoms in total. The van der Waals surface area contributed by atoms with Crippen molar-refractivity contribution in [3.63, 3.8) is 0 Å². The zero-order valence-corrected chi connectivity index (χ0v) is 8.57. The molecule has 2 heterocycles. The molecule has 3 heteroatoms. The minimum atomic E-state index is 0.0393. The Labute approximate surface area is 89.2 Å². The minimum Gasteiger partial charge on any atom is -0.369 e. The molecule has 0 radical (unpaired) electrons. The fourth-order valence-electron chi connectivity index (χ4n) is 2.21. The summed E-state index contributed by atoms with van der Waals surface area (Å²) in [5.41, 5.74) is 2.67. The number of ether oxygens (including phenoxy) is 1. The van der Waals surface area contributed by atoms with Crippen LogP contribution in [0.5, 0.6) is 0 Å². The van der Waals surface area contributed by atoms with Crippen LogP contribution in [0, 0.1) is 0 Å². The number of benzene rings is 1. The average Bonchev–Trinajstić information content (AvgIpc) is 2.82. The number of nitrogens with one attached hydrogen (secondary N) is 1. The molecule has 1 N–H and O–H groups in total. The van der Waals surface area contributed by atoms with Crippen LogP contribution in [0.25, 0.3) is 0 Å². The van der Waals surface area contributed by atoms with Gasteiger partial charge in [-0.1, -0.05) is 24.3 Å². The zero-order chi connectivity index (χ0) is 10.1. The van der Waals surface area contributed by atoms with Gasteiger partial charge in [0.05, 0.1) is 13.2 Å². The van der Waals surface area contributed by atoms with Gasteiger partial charge in [-0.2, -0.15) is 0 Å². The highest BCUT2D eigenvalue weighted by atomic mass is 16.5. The van der Waals surface area contributed by atoms with Gasteiger partial charge in [-0.15, -0.1) is 0 Å². The van der Waals surface area contributed by atoms with Gasteiger partial charge in [0.15, 0.2) is 0 Å². The van der Waals surface area contributed by atoms with Crippen LogP contribution >= 0.6 is 0 Å². The summed E-state index contributed by atoms with van der Waals surface area (Å²) < 4.78 is 5.80. The Morgan fingerprint density at radius 2 is 2.27 bits per heavy atom. The molecule has 0 saturated heterocycles. The van der Waals surface area contributed by atoms with Gasteiger partial charge in [0.25, 0.3) is 0 Å². The van der Waals surface area contributed by atoms with Crippen LogP contribution in [0.2, 0.25) is 0 Å². The molecule has 0 aliphatic carbocycles. The Kier molecular flexibility index (Phi) is 2.18. The Balaban J connectivity index is 1.98. The van der Waals surface area contributed by atoms with Crippen molar-refractivity contribution in [1.82, 2.24) is 5.32 Å². The third kappa shape index (κ3) is 1.53. The number of rotatable bonds is 1. The van der Waals surface area contributed by atoms with E-state index in [2.05, 4.69) is 34.6 Å². The molecule has 1 aromatic carbocycles. The number of hydrogen-bond acceptors (Lipinski definition) is 3. The summed E-state index contributed by atoms with van der Waals surface area (Å²) >= 11 is 0. The lowest BCUT2D eigenvalue weighted by Crippen LogP contribution is -2.31. The SMILES string of the molecule is c1ccc2c(c1)CCO[C@H]2C1=NCCN1. The van der Waals surface area contributed by atoms with Crippen molar-refractivity contribution >= 4 is 5.84 Å². The van der Waals surface area contributed by atoms with Gasteiger partial charge in [0, 0.05) is 6.54 Å². The molecular weight excluding hydrogens is 188 g/mol. The summed E-state index contributed by atoms with van der Waals surface area (Å²) in [5, 5.41) is 3.29. The molecule has 78 valence electrons. The Morgan fingerprint density at radius 1 is 1.33 bits per heavy atom. The quantitative estimate of drug-likeness (QED) is 0.744. The van der Waals surface area contributed by atoms with Crippen LogP contribution in [0.3, 0.4) is 0 Å². The van der Waals surface area contributed by atoms with E-state index in [1.165, 1.54) is 11.1 Å². The molecule has 0 unspecified atom stereocenters. The molecular formula is C12H14N2O. The second kappa shape index (κ2) is 3.66. The van der Waals surface area contributed by atoms with Crippen molar-refractivity contribution in [3.8, 4) is 0 Å². The third-order valence-electron chi connectivity index (χ3n) is 2.94. The van der Waals surface area contributed by atoms with Crippen molar-refractivity contribution in [3.05, 3.63) is 35.4 Å². The van der Waals surface area contributed by atoms with Gasteiger partial charge in [-0.3, -0.25) is 4.99 Å². The Bertz CT molecular complexity index is 400. The van der Waals surface area contributed by atoms with E-state index in [0.29, 0.717) is 0 Å². The van der Waals surface area contributed by atoms with Gasteiger partial charge in [-0.25, -0.2) is 0 Å². The van der Waals surface area contributed by atoms with Gasteiger partial charge in [0.2, 0.25) is 0 Å². The van der Waals surface area contributed by atoms with E-state index in [-0.39, 0.29) is 6.10 Å². The maximum absolute atomic E-state index is 5.80. The molecule has 0 saturated carbocycles. The highest BCUT2D eigenvalue weighted by Crippen LogP contribution is 2.27. The van der Waals surface area contributed by atoms with Crippen molar-refractivity contribution in [1.29, 1.82) is 0 Å². The topological polar surface area (TPSA) is 33.6 Å². The van der Waals surface area contributed by atoms with Crippen LogP contribution in [-0.4, -0.2) is 25.5 Å². The third-order valence-corrected chi connectivity index (χ3v) is 2.94. The van der Waals surface area contributed by atoms with Crippen LogP contribution in [0.1, 0.15) is 17.2 Å². The summed E-state index contributed by atoms with van der Waals surface area (Å²) in [4.78, 5) is 4.44. The summed E-state index contributed by atoms with van der Waals surface area (Å²) in [7, 11) is 0. The molecule has 15 heavy (non-hydrogen) atoms. The van der Waals surface area contributed by atoms with Crippen LogP contribution in [-0.2, 0) is 11.2 Å². The molecule has 0 bridgehead atoms. The molecule has 0 fully saturated rings. The first-order valence-electron chi connectivity index (χ1n) is 5.43. The number of fused-ring (bicyclic) bond motifs is 1. The second-order valence-corrected chi connectivity index (χ2v) is 3.89. The summed E-state index contributed by atoms with van der Waals surface area (Å²) in [6.07, 6.45) is 1.05. The van der Waals surface area contributed by atoms with Crippen molar-refractivity contribution in [2.24, 2.45) is 4.99 Å². The van der Waals surface area contributed by atoms with Crippen molar-refractivity contribution < 1.29 is 4.74 Å². The maximum atomic E-state index is 5.80. The first-order valence-corrected chi connectivity index (χ1v) is 5.43. The molecule has 3 rings (SSSR count). The molecule has 0 amide bonds. The van der Waals surface area contributed by atoms with Crippen LogP contribution < -0.4 is 5.32 Å². The normalized spacial score (nSPS) is 24.3. The molecule has 0 aromatic heterocycles. The lowest BCUT2D eigenvalue weighted by molar-refractivity contribution is 0.0860. The molecule has 2 aliphatic heterocycles.